The second-order valence-corrected chi connectivity index (χ2v) is 17.1. The van der Waals surface area contributed by atoms with Gasteiger partial charge in [0.1, 0.15) is 0 Å². The molecule has 0 aliphatic carbocycles. The van der Waals surface area contributed by atoms with Gasteiger partial charge in [-0.05, 0) is 92.7 Å². The Morgan fingerprint density at radius 2 is 0.672 bits per heavy atom. The summed E-state index contributed by atoms with van der Waals surface area (Å²) in [6, 6.07) is 48.3. The standard InChI is InChI=1S/3C16H12N2S.Ir/c3*1-17-9-10-18(11-17)14-7-4-6-13-12-5-2-3-8-15(12)19-16(13)14;/h3*2-6,8-11H,1H3;/q3*-2;. The molecule has 6 aromatic carbocycles. The van der Waals surface area contributed by atoms with Crippen molar-refractivity contribution < 1.29 is 20.1 Å². The Labute approximate surface area is 364 Å². The summed E-state index contributed by atoms with van der Waals surface area (Å²) in [6.45, 7) is 6.20. The van der Waals surface area contributed by atoms with Gasteiger partial charge < -0.3 is 29.4 Å². The molecule has 3 aliphatic heterocycles. The van der Waals surface area contributed by atoms with Crippen LogP contribution in [0, 0.1) is 38.2 Å². The first-order valence-corrected chi connectivity index (χ1v) is 21.0. The third kappa shape index (κ3) is 7.10. The fourth-order valence-electron chi connectivity index (χ4n) is 7.35. The Hall–Kier alpha value is -5.35. The van der Waals surface area contributed by atoms with Crippen LogP contribution in [0.5, 0.6) is 0 Å². The maximum Gasteiger partial charge on any atom is 0.0204 e. The first-order valence-electron chi connectivity index (χ1n) is 18.5. The van der Waals surface area contributed by atoms with Gasteiger partial charge in [-0.2, -0.15) is 74.6 Å². The van der Waals surface area contributed by atoms with Crippen molar-refractivity contribution in [3.63, 3.8) is 0 Å². The maximum absolute atomic E-state index is 3.36. The van der Waals surface area contributed by atoms with Crippen LogP contribution in [0.1, 0.15) is 0 Å². The van der Waals surface area contributed by atoms with Crippen molar-refractivity contribution in [3.8, 4) is 0 Å². The Morgan fingerprint density at radius 3 is 0.948 bits per heavy atom. The second-order valence-electron chi connectivity index (χ2n) is 14.0. The number of hydrogen-bond acceptors (Lipinski definition) is 9. The first-order chi connectivity index (χ1) is 28.0. The van der Waals surface area contributed by atoms with E-state index in [1.165, 1.54) is 60.5 Å². The molecule has 291 valence electrons. The smallest absolute Gasteiger partial charge is 0.0204 e. The van der Waals surface area contributed by atoms with Crippen molar-refractivity contribution in [2.24, 2.45) is 0 Å². The Kier molecular flexibility index (Phi) is 10.6. The van der Waals surface area contributed by atoms with E-state index >= 15 is 0 Å². The van der Waals surface area contributed by atoms with Crippen molar-refractivity contribution in [2.75, 3.05) is 35.8 Å². The molecule has 0 unspecified atom stereocenters. The van der Waals surface area contributed by atoms with Gasteiger partial charge >= 0.3 is 0 Å². The van der Waals surface area contributed by atoms with Gasteiger partial charge in [0.05, 0.1) is 0 Å². The van der Waals surface area contributed by atoms with Gasteiger partial charge in [0.25, 0.3) is 0 Å². The van der Waals surface area contributed by atoms with E-state index in [1.807, 2.05) is 107 Å². The van der Waals surface area contributed by atoms with E-state index in [9.17, 15) is 0 Å². The summed E-state index contributed by atoms with van der Waals surface area (Å²) in [5.74, 6) is 0. The molecule has 10 heteroatoms. The molecule has 58 heavy (non-hydrogen) atoms. The summed E-state index contributed by atoms with van der Waals surface area (Å²) < 4.78 is 7.86. The molecular weight excluding hydrogens is 949 g/mol. The first kappa shape index (κ1) is 38.2. The normalized spacial score (nSPS) is 14.7. The molecule has 0 spiro atoms. The number of hydrogen-bond donors (Lipinski definition) is 0. The minimum absolute atomic E-state index is 0. The van der Waals surface area contributed by atoms with Crippen molar-refractivity contribution in [1.82, 2.24) is 14.7 Å². The molecule has 0 amide bonds. The van der Waals surface area contributed by atoms with Crippen LogP contribution in [-0.4, -0.2) is 35.8 Å². The third-order valence-corrected chi connectivity index (χ3v) is 13.6. The van der Waals surface area contributed by atoms with E-state index in [1.54, 1.807) is 0 Å². The monoisotopic (exact) mass is 985 g/mol. The van der Waals surface area contributed by atoms with E-state index in [0.29, 0.717) is 0 Å². The summed E-state index contributed by atoms with van der Waals surface area (Å²) >= 11 is 5.49. The molecule has 9 aromatic rings. The predicted octanol–water partition coefficient (Wildman–Crippen LogP) is 12.6. The Morgan fingerprint density at radius 1 is 0.379 bits per heavy atom. The summed E-state index contributed by atoms with van der Waals surface area (Å²) in [5, 5.41) is 7.92. The van der Waals surface area contributed by atoms with Crippen LogP contribution < -0.4 is 14.7 Å². The molecule has 3 aromatic heterocycles. The van der Waals surface area contributed by atoms with Crippen LogP contribution in [-0.2, 0) is 20.1 Å². The minimum atomic E-state index is 0. The largest absolute Gasteiger partial charge is 0.510 e. The predicted molar refractivity (Wildman–Crippen MR) is 246 cm³/mol. The van der Waals surface area contributed by atoms with Crippen molar-refractivity contribution >= 4 is 112 Å². The van der Waals surface area contributed by atoms with Gasteiger partial charge in [-0.25, -0.2) is 34.0 Å². The average molecular weight is 985 g/mol. The molecule has 0 atom stereocenters. The number of anilines is 3. The SMILES string of the molecule is CN1C=CN(c2[c-]ccc3c2sc2ccccc23)[CH-]1.CN1C=CN(c2[c-]ccc3c2sc2ccccc23)[CH-]1.CN1C=CN(c2[c-]ccc3c2sc2ccccc23)[CH-]1.[Ir]. The van der Waals surface area contributed by atoms with Crippen LogP contribution >= 0.6 is 34.0 Å². The van der Waals surface area contributed by atoms with Crippen molar-refractivity contribution in [3.05, 3.63) is 185 Å². The summed E-state index contributed by atoms with van der Waals surface area (Å²) in [7, 11) is 6.09. The van der Waals surface area contributed by atoms with E-state index in [0.717, 1.165) is 17.1 Å². The molecule has 1 radical (unpaired) electrons. The number of nitrogens with zero attached hydrogens (tertiary/aromatic N) is 6. The molecule has 6 heterocycles. The Bertz CT molecular complexity index is 2690. The van der Waals surface area contributed by atoms with Crippen LogP contribution in [0.3, 0.4) is 0 Å². The van der Waals surface area contributed by atoms with Gasteiger partial charge in [0.2, 0.25) is 0 Å². The summed E-state index contributed by atoms with van der Waals surface area (Å²) in [4.78, 5) is 12.5. The van der Waals surface area contributed by atoms with E-state index in [-0.39, 0.29) is 20.1 Å². The molecule has 3 aliphatic rings. The summed E-state index contributed by atoms with van der Waals surface area (Å²) in [6.07, 6.45) is 12.3. The molecule has 12 rings (SSSR count). The third-order valence-electron chi connectivity index (χ3n) is 10.0. The topological polar surface area (TPSA) is 19.4 Å². The number of fused-ring (bicyclic) bond motifs is 9. The van der Waals surface area contributed by atoms with Gasteiger partial charge in [-0.3, -0.25) is 0 Å². The number of thiophene rings is 3. The van der Waals surface area contributed by atoms with Crippen LogP contribution in [0.25, 0.3) is 60.5 Å². The quantitative estimate of drug-likeness (QED) is 0.163. The molecule has 0 bridgehead atoms. The minimum Gasteiger partial charge on any atom is -0.510 e. The second kappa shape index (κ2) is 16.1. The zero-order valence-electron chi connectivity index (χ0n) is 31.8. The summed E-state index contributed by atoms with van der Waals surface area (Å²) in [5.41, 5.74) is 3.37. The van der Waals surface area contributed by atoms with E-state index < -0.39 is 0 Å². The molecule has 0 fully saturated rings. The molecular formula is C48H36IrN6S3-6. The fraction of sp³-hybridized carbons (Fsp3) is 0.0625. The Balaban J connectivity index is 0.000000112. The van der Waals surface area contributed by atoms with Crippen molar-refractivity contribution in [2.45, 2.75) is 0 Å². The zero-order valence-corrected chi connectivity index (χ0v) is 36.7. The van der Waals surface area contributed by atoms with E-state index in [4.69, 9.17) is 0 Å². The van der Waals surface area contributed by atoms with Crippen molar-refractivity contribution in [1.29, 1.82) is 0 Å². The molecule has 0 saturated heterocycles. The van der Waals surface area contributed by atoms with Gasteiger partial charge in [0, 0.05) is 34.2 Å². The number of benzene rings is 6. The zero-order chi connectivity index (χ0) is 38.5. The fourth-order valence-corrected chi connectivity index (χ4v) is 11.0. The van der Waals surface area contributed by atoms with Gasteiger partial charge in [-0.1, -0.05) is 85.8 Å². The maximum atomic E-state index is 3.36. The number of rotatable bonds is 3. The molecule has 6 nitrogen and oxygen atoms in total. The van der Waals surface area contributed by atoms with Crippen LogP contribution in [0.2, 0.25) is 0 Å². The molecule has 0 saturated carbocycles. The van der Waals surface area contributed by atoms with Gasteiger partial charge in [0.15, 0.2) is 0 Å². The van der Waals surface area contributed by atoms with E-state index in [2.05, 4.69) is 163 Å². The van der Waals surface area contributed by atoms with Crippen LogP contribution in [0.15, 0.2) is 146 Å². The average Bonchev–Trinajstić information content (AvgIpc) is 4.11. The molecule has 0 N–H and O–H groups in total. The van der Waals surface area contributed by atoms with Crippen LogP contribution in [0.4, 0.5) is 17.1 Å². The van der Waals surface area contributed by atoms with Gasteiger partial charge in [-0.15, -0.1) is 16.2 Å².